The van der Waals surface area contributed by atoms with Gasteiger partial charge in [0.1, 0.15) is 12.1 Å². The number of carbonyl (C=O) groups is 2. The molecule has 0 spiro atoms. The third-order valence-corrected chi connectivity index (χ3v) is 4.23. The Morgan fingerprint density at radius 3 is 2.67 bits per heavy atom. The highest BCUT2D eigenvalue weighted by molar-refractivity contribution is 5.96. The molecule has 1 saturated heterocycles. The molecule has 1 fully saturated rings. The minimum atomic E-state index is -0.445. The first-order chi connectivity index (χ1) is 9.93. The molecule has 1 aliphatic heterocycles. The van der Waals surface area contributed by atoms with Crippen LogP contribution in [0.4, 0.5) is 0 Å². The number of aryl methyl sites for hydroxylation is 1. The standard InChI is InChI=1S/C16H23N3O2/c1-5-10(2)14-16(21)19(12(4)15(20)18-14)9-13-7-6-11(3)17-8-13/h6-8,10,12,14H,5,9H2,1-4H3,(H,18,20). The van der Waals surface area contributed by atoms with E-state index in [1.165, 1.54) is 0 Å². The highest BCUT2D eigenvalue weighted by Gasteiger charge is 2.39. The summed E-state index contributed by atoms with van der Waals surface area (Å²) >= 11 is 0. The van der Waals surface area contributed by atoms with E-state index in [1.54, 1.807) is 18.0 Å². The van der Waals surface area contributed by atoms with E-state index in [-0.39, 0.29) is 17.7 Å². The van der Waals surface area contributed by atoms with E-state index in [4.69, 9.17) is 0 Å². The summed E-state index contributed by atoms with van der Waals surface area (Å²) in [5.74, 6) is 0.0459. The van der Waals surface area contributed by atoms with Crippen LogP contribution in [0.5, 0.6) is 0 Å². The van der Waals surface area contributed by atoms with Gasteiger partial charge < -0.3 is 10.2 Å². The zero-order valence-electron chi connectivity index (χ0n) is 13.1. The normalized spacial score (nSPS) is 23.9. The zero-order valence-corrected chi connectivity index (χ0v) is 13.1. The average Bonchev–Trinajstić information content (AvgIpc) is 2.48. The molecule has 3 unspecified atom stereocenters. The zero-order chi connectivity index (χ0) is 15.6. The molecule has 2 heterocycles. The van der Waals surface area contributed by atoms with Crippen molar-refractivity contribution < 1.29 is 9.59 Å². The minimum Gasteiger partial charge on any atom is -0.342 e. The van der Waals surface area contributed by atoms with Crippen LogP contribution in [0.1, 0.15) is 38.4 Å². The van der Waals surface area contributed by atoms with Gasteiger partial charge in [0.05, 0.1) is 0 Å². The van der Waals surface area contributed by atoms with Crippen LogP contribution in [0.25, 0.3) is 0 Å². The van der Waals surface area contributed by atoms with E-state index in [0.29, 0.717) is 6.54 Å². The highest BCUT2D eigenvalue weighted by Crippen LogP contribution is 2.19. The van der Waals surface area contributed by atoms with Crippen LogP contribution < -0.4 is 5.32 Å². The summed E-state index contributed by atoms with van der Waals surface area (Å²) in [5.41, 5.74) is 1.88. The van der Waals surface area contributed by atoms with Crippen molar-refractivity contribution in [1.29, 1.82) is 0 Å². The molecule has 114 valence electrons. The van der Waals surface area contributed by atoms with Gasteiger partial charge in [-0.2, -0.15) is 0 Å². The third kappa shape index (κ3) is 3.23. The van der Waals surface area contributed by atoms with Crippen molar-refractivity contribution in [2.24, 2.45) is 5.92 Å². The summed E-state index contributed by atoms with van der Waals surface area (Å²) < 4.78 is 0. The quantitative estimate of drug-likeness (QED) is 0.917. The molecule has 0 radical (unpaired) electrons. The Morgan fingerprint density at radius 1 is 1.38 bits per heavy atom. The topological polar surface area (TPSA) is 62.3 Å². The van der Waals surface area contributed by atoms with Gasteiger partial charge in [-0.25, -0.2) is 0 Å². The average molecular weight is 289 g/mol. The van der Waals surface area contributed by atoms with Crippen LogP contribution in [0.3, 0.4) is 0 Å². The van der Waals surface area contributed by atoms with Gasteiger partial charge in [0.25, 0.3) is 0 Å². The van der Waals surface area contributed by atoms with Gasteiger partial charge >= 0.3 is 0 Å². The number of hydrogen-bond donors (Lipinski definition) is 1. The molecule has 1 aromatic heterocycles. The predicted molar refractivity (Wildman–Crippen MR) is 80.4 cm³/mol. The SMILES string of the molecule is CCC(C)C1NC(=O)C(C)N(Cc2ccc(C)nc2)C1=O. The lowest BCUT2D eigenvalue weighted by atomic mass is 9.94. The van der Waals surface area contributed by atoms with Crippen molar-refractivity contribution in [3.8, 4) is 0 Å². The van der Waals surface area contributed by atoms with Gasteiger partial charge in [-0.3, -0.25) is 14.6 Å². The number of pyridine rings is 1. The minimum absolute atomic E-state index is 0.00275. The summed E-state index contributed by atoms with van der Waals surface area (Å²) in [4.78, 5) is 30.6. The maximum Gasteiger partial charge on any atom is 0.246 e. The summed E-state index contributed by atoms with van der Waals surface area (Å²) in [7, 11) is 0. The van der Waals surface area contributed by atoms with Crippen LogP contribution >= 0.6 is 0 Å². The fourth-order valence-electron chi connectivity index (χ4n) is 2.47. The monoisotopic (exact) mass is 289 g/mol. The Labute approximate surface area is 125 Å². The summed E-state index contributed by atoms with van der Waals surface area (Å²) in [6.45, 7) is 8.13. The molecule has 5 nitrogen and oxygen atoms in total. The van der Waals surface area contributed by atoms with Crippen LogP contribution in [0.15, 0.2) is 18.3 Å². The number of carbonyl (C=O) groups excluding carboxylic acids is 2. The first-order valence-electron chi connectivity index (χ1n) is 7.46. The molecule has 5 heteroatoms. The van der Waals surface area contributed by atoms with E-state index in [2.05, 4.69) is 10.3 Å². The Morgan fingerprint density at radius 2 is 2.10 bits per heavy atom. The molecule has 1 aliphatic rings. The molecule has 0 saturated carbocycles. The number of nitrogens with one attached hydrogen (secondary N) is 1. The number of nitrogens with zero attached hydrogens (tertiary/aromatic N) is 2. The van der Waals surface area contributed by atoms with Gasteiger partial charge in [0, 0.05) is 18.4 Å². The fourth-order valence-corrected chi connectivity index (χ4v) is 2.47. The summed E-state index contributed by atoms with van der Waals surface area (Å²) in [6.07, 6.45) is 2.62. The van der Waals surface area contributed by atoms with Crippen LogP contribution in [-0.4, -0.2) is 33.8 Å². The van der Waals surface area contributed by atoms with E-state index in [1.807, 2.05) is 32.9 Å². The maximum atomic E-state index is 12.6. The molecule has 21 heavy (non-hydrogen) atoms. The number of amides is 2. The molecule has 3 atom stereocenters. The molecule has 1 N–H and O–H groups in total. The van der Waals surface area contributed by atoms with Gasteiger partial charge in [-0.15, -0.1) is 0 Å². The second-order valence-electron chi connectivity index (χ2n) is 5.82. The van der Waals surface area contributed by atoms with Gasteiger partial charge in [0.2, 0.25) is 11.8 Å². The lowest BCUT2D eigenvalue weighted by Crippen LogP contribution is -2.63. The van der Waals surface area contributed by atoms with E-state index >= 15 is 0 Å². The smallest absolute Gasteiger partial charge is 0.246 e. The number of aromatic nitrogens is 1. The van der Waals surface area contributed by atoms with E-state index in [9.17, 15) is 9.59 Å². The van der Waals surface area contributed by atoms with Gasteiger partial charge in [-0.05, 0) is 31.4 Å². The summed E-state index contributed by atoms with van der Waals surface area (Å²) in [5, 5.41) is 2.85. The number of piperazine rings is 1. The van der Waals surface area contributed by atoms with Crippen LogP contribution in [0.2, 0.25) is 0 Å². The Kier molecular flexibility index (Phi) is 4.60. The van der Waals surface area contributed by atoms with Crippen molar-refractivity contribution in [3.63, 3.8) is 0 Å². The summed E-state index contributed by atoms with van der Waals surface area (Å²) in [6, 6.07) is 3.00. The first kappa shape index (κ1) is 15.5. The molecule has 0 bridgehead atoms. The molecule has 0 aromatic carbocycles. The molecular formula is C16H23N3O2. The van der Waals surface area contributed by atoms with Crippen molar-refractivity contribution in [3.05, 3.63) is 29.6 Å². The maximum absolute atomic E-state index is 12.6. The predicted octanol–water partition coefficient (Wildman–Crippen LogP) is 1.65. The second kappa shape index (κ2) is 6.24. The number of rotatable bonds is 4. The Bertz CT molecular complexity index is 527. The lowest BCUT2D eigenvalue weighted by molar-refractivity contribution is -0.150. The van der Waals surface area contributed by atoms with Crippen molar-refractivity contribution in [2.75, 3.05) is 0 Å². The Balaban J connectivity index is 2.20. The molecular weight excluding hydrogens is 266 g/mol. The fraction of sp³-hybridized carbons (Fsp3) is 0.562. The van der Waals surface area contributed by atoms with Crippen molar-refractivity contribution in [2.45, 2.75) is 52.7 Å². The molecule has 2 rings (SSSR count). The Hall–Kier alpha value is -1.91. The molecule has 2 amide bonds. The van der Waals surface area contributed by atoms with E-state index in [0.717, 1.165) is 17.7 Å². The van der Waals surface area contributed by atoms with Crippen molar-refractivity contribution >= 4 is 11.8 Å². The highest BCUT2D eigenvalue weighted by atomic mass is 16.2. The van der Waals surface area contributed by atoms with Gasteiger partial charge in [0.15, 0.2) is 0 Å². The molecule has 1 aromatic rings. The van der Waals surface area contributed by atoms with E-state index < -0.39 is 12.1 Å². The third-order valence-electron chi connectivity index (χ3n) is 4.23. The van der Waals surface area contributed by atoms with Crippen molar-refractivity contribution in [1.82, 2.24) is 15.2 Å². The van der Waals surface area contributed by atoms with Crippen LogP contribution in [-0.2, 0) is 16.1 Å². The van der Waals surface area contributed by atoms with Gasteiger partial charge in [-0.1, -0.05) is 26.3 Å². The van der Waals surface area contributed by atoms with Crippen LogP contribution in [0, 0.1) is 12.8 Å². The molecule has 0 aliphatic carbocycles. The second-order valence-corrected chi connectivity index (χ2v) is 5.82. The largest absolute Gasteiger partial charge is 0.342 e. The number of hydrogen-bond acceptors (Lipinski definition) is 3. The lowest BCUT2D eigenvalue weighted by Gasteiger charge is -2.39. The first-order valence-corrected chi connectivity index (χ1v) is 7.46.